The monoisotopic (exact) mass is 1070 g/mol. The zero-order chi connectivity index (χ0) is 56.8. The van der Waals surface area contributed by atoms with Crippen LogP contribution in [0.4, 0.5) is 0 Å². The lowest BCUT2D eigenvalue weighted by atomic mass is 10.0. The van der Waals surface area contributed by atoms with E-state index in [9.17, 15) is 38.7 Å². The normalized spacial score (nSPS) is 13.4. The fourth-order valence-electron chi connectivity index (χ4n) is 8.09. The summed E-state index contributed by atoms with van der Waals surface area (Å²) in [6.07, 6.45) is 0.455. The van der Waals surface area contributed by atoms with Gasteiger partial charge in [-0.15, -0.1) is 0 Å². The van der Waals surface area contributed by atoms with Gasteiger partial charge in [-0.25, -0.2) is 4.79 Å². The Bertz CT molecular complexity index is 2630. The number of aliphatic imine (C=N–C) groups is 3. The minimum atomic E-state index is -1.39. The number of hydrogen-bond acceptors (Lipinski definition) is 11. The molecule has 4 aromatic rings. The highest BCUT2D eigenvalue weighted by Crippen LogP contribution is 2.12. The van der Waals surface area contributed by atoms with Crippen molar-refractivity contribution in [1.82, 2.24) is 31.9 Å². The average Bonchev–Trinajstić information content (AvgIpc) is 3.41. The summed E-state index contributed by atoms with van der Waals surface area (Å²) in [5.74, 6) is -6.51. The maximum Gasteiger partial charge on any atom is 0.326 e. The maximum absolute atomic E-state index is 14.7. The number of guanidine groups is 3. The lowest BCUT2D eigenvalue weighted by Gasteiger charge is -2.28. The number of carboxylic acid groups (broad SMARTS) is 1. The molecule has 0 saturated carbocycles. The highest BCUT2D eigenvalue weighted by Gasteiger charge is 2.34. The second-order valence-electron chi connectivity index (χ2n) is 18.4. The number of nitrogens with zero attached hydrogens (tertiary/aromatic N) is 3. The third kappa shape index (κ3) is 23.2. The molecule has 24 heteroatoms. The molecule has 78 heavy (non-hydrogen) atoms. The van der Waals surface area contributed by atoms with Crippen LogP contribution >= 0.6 is 0 Å². The van der Waals surface area contributed by atoms with Crippen LogP contribution < -0.4 is 72.0 Å². The van der Waals surface area contributed by atoms with Crippen LogP contribution in [0.3, 0.4) is 0 Å². The van der Waals surface area contributed by atoms with Crippen molar-refractivity contribution in [3.05, 3.63) is 144 Å². The molecule has 0 heterocycles. The van der Waals surface area contributed by atoms with E-state index in [1.165, 1.54) is 0 Å². The molecule has 0 aliphatic rings. The Kier molecular flexibility index (Phi) is 26.1. The van der Waals surface area contributed by atoms with Crippen molar-refractivity contribution < 1.29 is 38.7 Å². The summed E-state index contributed by atoms with van der Waals surface area (Å²) in [5, 5.41) is 26.4. The molecule has 0 aliphatic heterocycles. The minimum absolute atomic E-state index is 0.0411. The molecular formula is C54H74N16O8. The molecule has 0 radical (unpaired) electrons. The molecule has 0 aliphatic carbocycles. The molecule has 0 unspecified atom stereocenters. The molecule has 0 aromatic heterocycles. The summed E-state index contributed by atoms with van der Waals surface area (Å²) in [5.41, 5.74) is 42.3. The van der Waals surface area contributed by atoms with Crippen molar-refractivity contribution in [2.75, 3.05) is 19.6 Å². The van der Waals surface area contributed by atoms with Crippen molar-refractivity contribution in [3.63, 3.8) is 0 Å². The fraction of sp³-hybridized carbons (Fsp3) is 0.370. The van der Waals surface area contributed by atoms with Crippen LogP contribution in [0.2, 0.25) is 0 Å². The van der Waals surface area contributed by atoms with Gasteiger partial charge in [0.2, 0.25) is 35.4 Å². The fourth-order valence-corrected chi connectivity index (χ4v) is 8.09. The van der Waals surface area contributed by atoms with Crippen molar-refractivity contribution >= 4 is 59.3 Å². The van der Waals surface area contributed by atoms with Crippen molar-refractivity contribution in [3.8, 4) is 0 Å². The van der Waals surface area contributed by atoms with Gasteiger partial charge in [-0.3, -0.25) is 43.7 Å². The summed E-state index contributed by atoms with van der Waals surface area (Å²) in [6.45, 7) is 0.244. The number of carbonyl (C=O) groups excluding carboxylic acids is 6. The molecule has 6 amide bonds. The van der Waals surface area contributed by atoms with Crippen molar-refractivity contribution in [1.29, 1.82) is 0 Å². The van der Waals surface area contributed by atoms with E-state index >= 15 is 0 Å². The van der Waals surface area contributed by atoms with Gasteiger partial charge in [0.05, 0.1) is 6.04 Å². The number of benzene rings is 4. The number of amides is 6. The number of rotatable bonds is 33. The van der Waals surface area contributed by atoms with Crippen molar-refractivity contribution in [2.24, 2.45) is 55.1 Å². The molecule has 21 N–H and O–H groups in total. The summed E-state index contributed by atoms with van der Waals surface area (Å²) >= 11 is 0. The molecule has 24 nitrogen and oxygen atoms in total. The van der Waals surface area contributed by atoms with E-state index in [1.807, 2.05) is 30.3 Å². The number of hydrogen-bond donors (Lipinski definition) is 14. The summed E-state index contributed by atoms with van der Waals surface area (Å²) in [6, 6.07) is 26.1. The third-order valence-corrected chi connectivity index (χ3v) is 12.1. The molecule has 0 fully saturated rings. The van der Waals surface area contributed by atoms with Gasteiger partial charge in [0.1, 0.15) is 36.3 Å². The number of carboxylic acids is 1. The first-order valence-electron chi connectivity index (χ1n) is 25.5. The Morgan fingerprint density at radius 3 is 0.897 bits per heavy atom. The van der Waals surface area contributed by atoms with Gasteiger partial charge in [-0.05, 0) is 67.2 Å². The Hall–Kier alpha value is -9.06. The third-order valence-electron chi connectivity index (χ3n) is 12.1. The van der Waals surface area contributed by atoms with Crippen LogP contribution in [0.5, 0.6) is 0 Å². The molecule has 0 spiro atoms. The second-order valence-corrected chi connectivity index (χ2v) is 18.4. The zero-order valence-electron chi connectivity index (χ0n) is 43.5. The zero-order valence-corrected chi connectivity index (χ0v) is 43.5. The van der Waals surface area contributed by atoms with Crippen LogP contribution in [-0.2, 0) is 59.2 Å². The molecule has 4 rings (SSSR count). The van der Waals surface area contributed by atoms with Crippen LogP contribution in [0.1, 0.15) is 60.8 Å². The Labute approximate surface area is 453 Å². The van der Waals surface area contributed by atoms with Crippen LogP contribution in [-0.4, -0.2) is 126 Å². The minimum Gasteiger partial charge on any atom is -0.480 e. The number of aliphatic carboxylic acids is 1. The smallest absolute Gasteiger partial charge is 0.326 e. The first-order chi connectivity index (χ1) is 37.4. The predicted molar refractivity (Wildman–Crippen MR) is 298 cm³/mol. The van der Waals surface area contributed by atoms with Gasteiger partial charge in [0, 0.05) is 38.9 Å². The van der Waals surface area contributed by atoms with E-state index in [2.05, 4.69) is 46.9 Å². The van der Waals surface area contributed by atoms with Crippen LogP contribution in [0, 0.1) is 0 Å². The standard InChI is InChI=1S/C54H74N16O8/c55-38(30-34-16-5-1-6-17-34)45(71)65-39(24-13-27-62-52(56)57)46(72)68-42(31-35-18-7-2-8-19-35)49(75)66-40(25-14-28-63-53(58)59)47(73)69-43(32-36-20-9-3-10-21-36)50(76)67-41(26-15-29-64-54(60)61)48(74)70-44(51(77)78)33-37-22-11-4-12-23-37/h1-12,16-23,38-44H,13-15,24-33,55H2,(H,65,71)(H,66,75)(H,67,76)(H,68,72)(H,69,73)(H,70,74)(H,77,78)(H4,56,57,62)(H4,58,59,63)(H4,60,61,64)/t38-,39-,40-,41-,42-,43-,44-/m0/s1. The van der Waals surface area contributed by atoms with Crippen LogP contribution in [0.25, 0.3) is 0 Å². The summed E-state index contributed by atoms with van der Waals surface area (Å²) < 4.78 is 0. The van der Waals surface area contributed by atoms with E-state index < -0.39 is 83.7 Å². The predicted octanol–water partition coefficient (Wildman–Crippen LogP) is -1.56. The Morgan fingerprint density at radius 2 is 0.603 bits per heavy atom. The highest BCUT2D eigenvalue weighted by atomic mass is 16.4. The van der Waals surface area contributed by atoms with E-state index in [1.54, 1.807) is 91.0 Å². The molecular weight excluding hydrogens is 1000 g/mol. The van der Waals surface area contributed by atoms with Gasteiger partial charge in [0.25, 0.3) is 0 Å². The summed E-state index contributed by atoms with van der Waals surface area (Å²) in [4.78, 5) is 110. The van der Waals surface area contributed by atoms with Gasteiger partial charge >= 0.3 is 5.97 Å². The van der Waals surface area contributed by atoms with Gasteiger partial charge in [-0.2, -0.15) is 0 Å². The second kappa shape index (κ2) is 33.1. The van der Waals surface area contributed by atoms with Gasteiger partial charge in [-0.1, -0.05) is 121 Å². The average molecular weight is 1080 g/mol. The van der Waals surface area contributed by atoms with Gasteiger partial charge < -0.3 is 77.1 Å². The Morgan fingerprint density at radius 1 is 0.359 bits per heavy atom. The van der Waals surface area contributed by atoms with E-state index in [-0.39, 0.29) is 102 Å². The van der Waals surface area contributed by atoms with E-state index in [0.29, 0.717) is 16.7 Å². The van der Waals surface area contributed by atoms with Crippen LogP contribution in [0.15, 0.2) is 136 Å². The largest absolute Gasteiger partial charge is 0.480 e. The number of nitrogens with two attached hydrogens (primary N) is 7. The molecule has 7 atom stereocenters. The maximum atomic E-state index is 14.7. The summed E-state index contributed by atoms with van der Waals surface area (Å²) in [7, 11) is 0. The van der Waals surface area contributed by atoms with Gasteiger partial charge in [0.15, 0.2) is 17.9 Å². The first-order valence-corrected chi connectivity index (χ1v) is 25.5. The first kappa shape index (κ1) is 61.5. The molecule has 418 valence electrons. The number of nitrogens with one attached hydrogen (secondary N) is 6. The Balaban J connectivity index is 1.65. The lowest BCUT2D eigenvalue weighted by Crippen LogP contribution is -2.60. The SMILES string of the molecule is NC(N)=NCCC[C@H](NC(=O)[C@H](Cc1ccccc1)NC(=O)[C@H](CCCN=C(N)N)NC(=O)[C@H](Cc1ccccc1)NC(=O)[C@H](CCCN=C(N)N)NC(=O)[C@@H](N)Cc1ccccc1)C(=O)N[C@@H](Cc1ccccc1)C(=O)O. The van der Waals surface area contributed by atoms with E-state index in [4.69, 9.17) is 40.1 Å². The quantitative estimate of drug-likeness (QED) is 0.0146. The molecule has 4 aromatic carbocycles. The highest BCUT2D eigenvalue weighted by molar-refractivity contribution is 5.97. The molecule has 0 bridgehead atoms. The topological polar surface area (TPSA) is 431 Å². The number of carbonyl (C=O) groups is 7. The molecule has 0 saturated heterocycles. The lowest BCUT2D eigenvalue weighted by molar-refractivity contribution is -0.142. The van der Waals surface area contributed by atoms with Crippen molar-refractivity contribution in [2.45, 2.75) is 107 Å². The van der Waals surface area contributed by atoms with E-state index in [0.717, 1.165) is 5.56 Å².